The maximum absolute atomic E-state index is 13.7. The third-order valence-corrected chi connectivity index (χ3v) is 8.60. The minimum Gasteiger partial charge on any atom is -0.489 e. The summed E-state index contributed by atoms with van der Waals surface area (Å²) in [5.74, 6) is -4.06. The second-order valence-electron chi connectivity index (χ2n) is 9.90. The summed E-state index contributed by atoms with van der Waals surface area (Å²) in [5.41, 5.74) is 9.69. The van der Waals surface area contributed by atoms with Gasteiger partial charge in [0.1, 0.15) is 34.8 Å². The molecule has 46 heavy (non-hydrogen) atoms. The molecular formula is C24H27F3N8O9S2. The number of halogens is 3. The second kappa shape index (κ2) is 13.4. The first-order valence-electron chi connectivity index (χ1n) is 13.2. The van der Waals surface area contributed by atoms with Crippen molar-refractivity contribution >= 4 is 56.1 Å². The van der Waals surface area contributed by atoms with Crippen molar-refractivity contribution in [2.75, 3.05) is 25.4 Å². The van der Waals surface area contributed by atoms with Gasteiger partial charge >= 0.3 is 22.4 Å². The molecule has 17 nitrogen and oxygen atoms in total. The number of alkyl halides is 3. The summed E-state index contributed by atoms with van der Waals surface area (Å²) in [6, 6.07) is 3.15. The standard InChI is InChI=1S/C24H27F3N8O9S2/c1-10-15(21(37)35(10)46(40,41)42)32-20(36)17(16-18(24(25,26)27)45-23(29)33-16)34-44-14(22(38)39)9-43-13-4-2-11(3-5-13)19(28)31-12-6-7-30-8-12/h2-5,10,12,14-15,30H,6-9H2,1H3,(H2,28,31)(H2,29,33)(H,32,36)(H,38,39)(H,40,41,42)/t10-,12?,14?,15-/m0/s1. The first-order chi connectivity index (χ1) is 21.5. The van der Waals surface area contributed by atoms with Gasteiger partial charge in [-0.05, 0) is 44.2 Å². The number of nitrogen functional groups attached to an aromatic ring is 1. The van der Waals surface area contributed by atoms with Crippen LogP contribution >= 0.6 is 11.3 Å². The van der Waals surface area contributed by atoms with Gasteiger partial charge in [-0.1, -0.05) is 16.5 Å². The zero-order valence-electron chi connectivity index (χ0n) is 23.6. The molecule has 2 amide bonds. The maximum atomic E-state index is 13.7. The van der Waals surface area contributed by atoms with Gasteiger partial charge in [-0.2, -0.15) is 21.6 Å². The number of β-lactam (4-membered cyclic amide) rings is 1. The van der Waals surface area contributed by atoms with E-state index in [1.807, 2.05) is 5.32 Å². The summed E-state index contributed by atoms with van der Waals surface area (Å²) in [6.07, 6.45) is -6.24. The lowest BCUT2D eigenvalue weighted by Crippen LogP contribution is -2.71. The van der Waals surface area contributed by atoms with Crippen molar-refractivity contribution in [3.8, 4) is 5.75 Å². The third kappa shape index (κ3) is 7.81. The van der Waals surface area contributed by atoms with Gasteiger partial charge in [-0.3, -0.25) is 19.1 Å². The number of amides is 2. The number of hydrogen-bond acceptors (Lipinski definition) is 13. The lowest BCUT2D eigenvalue weighted by molar-refractivity contribution is -0.152. The highest BCUT2D eigenvalue weighted by Gasteiger charge is 2.52. The molecule has 0 bridgehead atoms. The van der Waals surface area contributed by atoms with Crippen molar-refractivity contribution in [1.29, 1.82) is 0 Å². The number of rotatable bonds is 12. The van der Waals surface area contributed by atoms with Crippen molar-refractivity contribution in [1.82, 2.24) is 19.9 Å². The number of carbonyl (C=O) groups excluding carboxylic acids is 2. The number of aliphatic carboxylic acids is 1. The van der Waals surface area contributed by atoms with Gasteiger partial charge in [0.15, 0.2) is 10.8 Å². The van der Waals surface area contributed by atoms with Crippen LogP contribution in [0, 0.1) is 0 Å². The van der Waals surface area contributed by atoms with Gasteiger partial charge < -0.3 is 36.8 Å². The summed E-state index contributed by atoms with van der Waals surface area (Å²) in [7, 11) is -4.99. The Balaban J connectivity index is 1.53. The fourth-order valence-electron chi connectivity index (χ4n) is 4.37. The number of hydrogen-bond donors (Lipinski definition) is 6. The molecule has 0 spiro atoms. The van der Waals surface area contributed by atoms with Gasteiger partial charge in [0.25, 0.3) is 17.9 Å². The number of amidine groups is 1. The predicted octanol–water partition coefficient (Wildman–Crippen LogP) is -0.417. The lowest BCUT2D eigenvalue weighted by Gasteiger charge is -2.42. The monoisotopic (exact) mass is 692 g/mol. The van der Waals surface area contributed by atoms with E-state index in [9.17, 15) is 41.1 Å². The number of carbonyl (C=O) groups is 3. The number of nitrogens with zero attached hydrogens (tertiary/aromatic N) is 4. The molecule has 1 aromatic carbocycles. The van der Waals surface area contributed by atoms with Crippen molar-refractivity contribution < 1.29 is 55.2 Å². The van der Waals surface area contributed by atoms with Crippen LogP contribution < -0.4 is 26.8 Å². The van der Waals surface area contributed by atoms with Gasteiger partial charge in [0.2, 0.25) is 0 Å². The molecule has 0 aliphatic carbocycles. The Hall–Kier alpha value is -4.54. The molecule has 3 heterocycles. The Morgan fingerprint density at radius 3 is 2.52 bits per heavy atom. The Kier molecular flexibility index (Phi) is 10.0. The van der Waals surface area contributed by atoms with Crippen molar-refractivity contribution in [2.45, 2.75) is 43.8 Å². The number of carboxylic acids is 1. The largest absolute Gasteiger partial charge is 0.489 e. The zero-order chi connectivity index (χ0) is 34.0. The molecule has 2 saturated heterocycles. The average molecular weight is 693 g/mol. The number of anilines is 1. The number of nitrogens with two attached hydrogens (primary N) is 2. The fraction of sp³-hybridized carbons (Fsp3) is 0.417. The molecule has 0 saturated carbocycles. The number of thiazole rings is 1. The highest BCUT2D eigenvalue weighted by Crippen LogP contribution is 2.38. The minimum atomic E-state index is -5.10. The van der Waals surface area contributed by atoms with Crippen LogP contribution in [0.3, 0.4) is 0 Å². The van der Waals surface area contributed by atoms with E-state index in [0.29, 0.717) is 12.1 Å². The number of oxime groups is 1. The minimum absolute atomic E-state index is 0.0336. The Bertz CT molecular complexity index is 1660. The van der Waals surface area contributed by atoms with Crippen molar-refractivity contribution in [2.24, 2.45) is 15.9 Å². The zero-order valence-corrected chi connectivity index (χ0v) is 25.2. The molecule has 0 radical (unpaired) electrons. The van der Waals surface area contributed by atoms with Crippen LogP contribution in [0.4, 0.5) is 18.3 Å². The topological polar surface area (TPSA) is 261 Å². The Morgan fingerprint density at radius 2 is 1.98 bits per heavy atom. The van der Waals surface area contributed by atoms with Gasteiger partial charge in [0.05, 0.1) is 12.1 Å². The summed E-state index contributed by atoms with van der Waals surface area (Å²) < 4.78 is 78.6. The molecule has 4 rings (SSSR count). The van der Waals surface area contributed by atoms with Crippen molar-refractivity contribution in [3.63, 3.8) is 0 Å². The van der Waals surface area contributed by atoms with E-state index < -0.39 is 80.5 Å². The average Bonchev–Trinajstić information content (AvgIpc) is 3.62. The second-order valence-corrected chi connectivity index (χ2v) is 12.2. The molecule has 2 aliphatic heterocycles. The highest BCUT2D eigenvalue weighted by molar-refractivity contribution is 7.84. The smallest absolute Gasteiger partial charge is 0.427 e. The van der Waals surface area contributed by atoms with E-state index in [1.54, 1.807) is 12.1 Å². The number of aliphatic imine (C=N–C) groups is 1. The lowest BCUT2D eigenvalue weighted by atomic mass is 10.0. The van der Waals surface area contributed by atoms with E-state index in [-0.39, 0.29) is 33.3 Å². The Labute approximate surface area is 262 Å². The van der Waals surface area contributed by atoms with Crippen LogP contribution in [0.5, 0.6) is 5.75 Å². The molecule has 250 valence electrons. The highest BCUT2D eigenvalue weighted by atomic mass is 32.2. The molecule has 2 aromatic rings. The van der Waals surface area contributed by atoms with E-state index >= 15 is 0 Å². The van der Waals surface area contributed by atoms with Gasteiger partial charge in [-0.15, -0.1) is 0 Å². The molecular weight excluding hydrogens is 665 g/mol. The normalized spacial score (nSPS) is 21.5. The van der Waals surface area contributed by atoms with Gasteiger partial charge in [0, 0.05) is 12.1 Å². The van der Waals surface area contributed by atoms with Crippen LogP contribution in [-0.2, 0) is 35.7 Å². The van der Waals surface area contributed by atoms with Crippen LogP contribution in [0.1, 0.15) is 29.5 Å². The first kappa shape index (κ1) is 34.3. The molecule has 1 aromatic heterocycles. The summed E-state index contributed by atoms with van der Waals surface area (Å²) in [4.78, 5) is 48.5. The molecule has 8 N–H and O–H groups in total. The molecule has 4 atom stereocenters. The van der Waals surface area contributed by atoms with Crippen LogP contribution in [0.25, 0.3) is 0 Å². The Morgan fingerprint density at radius 1 is 1.30 bits per heavy atom. The molecule has 2 unspecified atom stereocenters. The van der Waals surface area contributed by atoms with Crippen LogP contribution in [0.2, 0.25) is 0 Å². The van der Waals surface area contributed by atoms with Crippen LogP contribution in [-0.4, -0.2) is 101 Å². The maximum Gasteiger partial charge on any atom is 0.427 e. The van der Waals surface area contributed by atoms with Crippen LogP contribution in [0.15, 0.2) is 34.4 Å². The summed E-state index contributed by atoms with van der Waals surface area (Å²) in [5, 5.41) is 17.5. The fourth-order valence-corrected chi connectivity index (χ4v) is 5.96. The number of aromatic nitrogens is 1. The third-order valence-electron chi connectivity index (χ3n) is 6.67. The molecule has 22 heteroatoms. The molecule has 2 fully saturated rings. The van der Waals surface area contributed by atoms with E-state index in [4.69, 9.17) is 25.6 Å². The first-order valence-corrected chi connectivity index (χ1v) is 15.4. The van der Waals surface area contributed by atoms with E-state index in [2.05, 4.69) is 20.4 Å². The number of carboxylic acid groups (broad SMARTS) is 1. The van der Waals surface area contributed by atoms with Gasteiger partial charge in [-0.25, -0.2) is 14.1 Å². The quantitative estimate of drug-likeness (QED) is 0.0544. The molecule has 2 aliphatic rings. The number of benzene rings is 1. The van der Waals surface area contributed by atoms with E-state index in [0.717, 1.165) is 19.9 Å². The van der Waals surface area contributed by atoms with Crippen molar-refractivity contribution in [3.05, 3.63) is 40.4 Å². The number of nitrogens with one attached hydrogen (secondary N) is 2. The number of ether oxygens (including phenoxy) is 1. The summed E-state index contributed by atoms with van der Waals surface area (Å²) in [6.45, 7) is 1.90. The predicted molar refractivity (Wildman–Crippen MR) is 154 cm³/mol. The summed E-state index contributed by atoms with van der Waals surface area (Å²) >= 11 is -0.0534. The SMILES string of the molecule is C[C@H]1[C@H](NC(=O)C(=NOC(COc2ccc(C(N)=NC3CCNC3)cc2)C(=O)O)c2nc(N)sc2C(F)(F)F)C(=O)N1S(=O)(=O)O. The van der Waals surface area contributed by atoms with E-state index in [1.165, 1.54) is 12.1 Å².